The molecule has 1 heterocycles. The molecule has 2 fully saturated rings. The van der Waals surface area contributed by atoms with E-state index in [0.717, 1.165) is 28.9 Å². The summed E-state index contributed by atoms with van der Waals surface area (Å²) in [6, 6.07) is 9.98. The molecule has 2 bridgehead atoms. The van der Waals surface area contributed by atoms with Crippen molar-refractivity contribution >= 4 is 22.5 Å². The Morgan fingerprint density at radius 2 is 2.10 bits per heavy atom. The molecule has 0 radical (unpaired) electrons. The summed E-state index contributed by atoms with van der Waals surface area (Å²) in [5.74, 6) is 1.83. The second-order valence-corrected chi connectivity index (χ2v) is 6.19. The highest BCUT2D eigenvalue weighted by atomic mass is 16.1. The molecule has 1 aromatic heterocycles. The van der Waals surface area contributed by atoms with E-state index in [1.54, 1.807) is 6.20 Å². The van der Waals surface area contributed by atoms with Gasteiger partial charge >= 0.3 is 0 Å². The van der Waals surface area contributed by atoms with Gasteiger partial charge in [0.25, 0.3) is 0 Å². The number of rotatable bonds is 2. The number of fused-ring (bicyclic) bond motifs is 3. The highest BCUT2D eigenvalue weighted by Crippen LogP contribution is 2.48. The number of amides is 1. The van der Waals surface area contributed by atoms with Crippen LogP contribution in [0.4, 0.5) is 5.69 Å². The molecular formula is C17H18N2O. The van der Waals surface area contributed by atoms with Gasteiger partial charge in [0, 0.05) is 11.3 Å². The minimum atomic E-state index is 0.189. The van der Waals surface area contributed by atoms with Crippen molar-refractivity contribution in [2.75, 3.05) is 5.32 Å². The molecule has 0 aliphatic heterocycles. The Balaban J connectivity index is 1.53. The molecule has 4 rings (SSSR count). The maximum atomic E-state index is 12.4. The number of para-hydroxylation sites is 1. The molecule has 3 heteroatoms. The Kier molecular flexibility index (Phi) is 2.72. The van der Waals surface area contributed by atoms with Crippen LogP contribution in [0.2, 0.25) is 0 Å². The van der Waals surface area contributed by atoms with Gasteiger partial charge in [-0.2, -0.15) is 0 Å². The van der Waals surface area contributed by atoms with Crippen molar-refractivity contribution in [1.82, 2.24) is 4.98 Å². The second-order valence-electron chi connectivity index (χ2n) is 6.19. The highest BCUT2D eigenvalue weighted by Gasteiger charge is 2.42. The van der Waals surface area contributed by atoms with Gasteiger partial charge in [-0.15, -0.1) is 0 Å². The fourth-order valence-electron chi connectivity index (χ4n) is 3.94. The molecule has 2 aliphatic carbocycles. The number of nitrogens with one attached hydrogen (secondary N) is 1. The van der Waals surface area contributed by atoms with Gasteiger partial charge in [-0.25, -0.2) is 0 Å². The SMILES string of the molecule is O=C(Nc1cnc2ccccc2c1)C1CC2CCC1C2. The van der Waals surface area contributed by atoms with E-state index in [1.807, 2.05) is 30.3 Å². The normalized spacial score (nSPS) is 27.9. The van der Waals surface area contributed by atoms with E-state index in [9.17, 15) is 4.79 Å². The van der Waals surface area contributed by atoms with E-state index in [0.29, 0.717) is 5.92 Å². The standard InChI is InChI=1S/C17H18N2O/c20-17(15-8-11-5-6-12(15)7-11)19-14-9-13-3-1-2-4-16(13)18-10-14/h1-4,9-12,15H,5-8H2,(H,19,20). The fourth-order valence-corrected chi connectivity index (χ4v) is 3.94. The van der Waals surface area contributed by atoms with Gasteiger partial charge in [-0.3, -0.25) is 9.78 Å². The quantitative estimate of drug-likeness (QED) is 0.902. The monoisotopic (exact) mass is 266 g/mol. The Morgan fingerprint density at radius 3 is 2.90 bits per heavy atom. The van der Waals surface area contributed by atoms with Crippen LogP contribution in [0.3, 0.4) is 0 Å². The zero-order chi connectivity index (χ0) is 13.5. The third kappa shape index (κ3) is 1.98. The van der Waals surface area contributed by atoms with Crippen LogP contribution >= 0.6 is 0 Å². The number of hydrogen-bond donors (Lipinski definition) is 1. The lowest BCUT2D eigenvalue weighted by Gasteiger charge is -2.20. The summed E-state index contributed by atoms with van der Waals surface area (Å²) in [5.41, 5.74) is 1.78. The number of hydrogen-bond acceptors (Lipinski definition) is 2. The van der Waals surface area contributed by atoms with E-state index in [2.05, 4.69) is 10.3 Å². The average molecular weight is 266 g/mol. The predicted octanol–water partition coefficient (Wildman–Crippen LogP) is 3.61. The lowest BCUT2D eigenvalue weighted by molar-refractivity contribution is -0.121. The molecule has 2 saturated carbocycles. The molecular weight excluding hydrogens is 248 g/mol. The molecule has 0 saturated heterocycles. The van der Waals surface area contributed by atoms with E-state index in [-0.39, 0.29) is 11.8 Å². The molecule has 3 unspecified atom stereocenters. The van der Waals surface area contributed by atoms with Crippen LogP contribution in [0.15, 0.2) is 36.5 Å². The van der Waals surface area contributed by atoms with Crippen molar-refractivity contribution in [3.05, 3.63) is 36.5 Å². The zero-order valence-electron chi connectivity index (χ0n) is 11.4. The van der Waals surface area contributed by atoms with Crippen LogP contribution in [0, 0.1) is 17.8 Å². The third-order valence-electron chi connectivity index (χ3n) is 4.93. The Hall–Kier alpha value is -1.90. The number of carbonyl (C=O) groups excluding carboxylic acids is 1. The van der Waals surface area contributed by atoms with Crippen molar-refractivity contribution in [3.63, 3.8) is 0 Å². The van der Waals surface area contributed by atoms with E-state index >= 15 is 0 Å². The average Bonchev–Trinajstić information content (AvgIpc) is 3.10. The van der Waals surface area contributed by atoms with Crippen LogP contribution in [0.25, 0.3) is 10.9 Å². The highest BCUT2D eigenvalue weighted by molar-refractivity contribution is 5.94. The van der Waals surface area contributed by atoms with Gasteiger partial charge < -0.3 is 5.32 Å². The van der Waals surface area contributed by atoms with Crippen LogP contribution < -0.4 is 5.32 Å². The van der Waals surface area contributed by atoms with Crippen LogP contribution in [-0.2, 0) is 4.79 Å². The number of pyridine rings is 1. The molecule has 2 aromatic rings. The van der Waals surface area contributed by atoms with Gasteiger partial charge in [0.15, 0.2) is 0 Å². The van der Waals surface area contributed by atoms with Gasteiger partial charge in [-0.1, -0.05) is 24.6 Å². The smallest absolute Gasteiger partial charge is 0.227 e. The van der Waals surface area contributed by atoms with Gasteiger partial charge in [-0.05, 0) is 43.2 Å². The summed E-state index contributed by atoms with van der Waals surface area (Å²) < 4.78 is 0. The topological polar surface area (TPSA) is 42.0 Å². The Morgan fingerprint density at radius 1 is 1.20 bits per heavy atom. The van der Waals surface area contributed by atoms with Crippen molar-refractivity contribution < 1.29 is 4.79 Å². The summed E-state index contributed by atoms with van der Waals surface area (Å²) in [6.45, 7) is 0. The van der Waals surface area contributed by atoms with Gasteiger partial charge in [0.05, 0.1) is 17.4 Å². The molecule has 1 aromatic carbocycles. The van der Waals surface area contributed by atoms with Crippen molar-refractivity contribution in [3.8, 4) is 0 Å². The van der Waals surface area contributed by atoms with Crippen molar-refractivity contribution in [2.45, 2.75) is 25.7 Å². The summed E-state index contributed by atoms with van der Waals surface area (Å²) in [4.78, 5) is 16.8. The Labute approximate surface area is 118 Å². The second kappa shape index (κ2) is 4.58. The largest absolute Gasteiger partial charge is 0.324 e. The third-order valence-corrected chi connectivity index (χ3v) is 4.93. The Bertz CT molecular complexity index is 667. The summed E-state index contributed by atoms with van der Waals surface area (Å²) in [6.07, 6.45) is 6.66. The molecule has 1 N–H and O–H groups in total. The molecule has 3 atom stereocenters. The first-order valence-corrected chi connectivity index (χ1v) is 7.45. The molecule has 3 nitrogen and oxygen atoms in total. The minimum absolute atomic E-state index is 0.189. The van der Waals surface area contributed by atoms with Gasteiger partial charge in [0.2, 0.25) is 5.91 Å². The lowest BCUT2D eigenvalue weighted by Crippen LogP contribution is -2.27. The van der Waals surface area contributed by atoms with Gasteiger partial charge in [0.1, 0.15) is 0 Å². The molecule has 1 amide bonds. The number of carbonyl (C=O) groups is 1. The number of aromatic nitrogens is 1. The molecule has 2 aliphatic rings. The maximum absolute atomic E-state index is 12.4. The van der Waals surface area contributed by atoms with Crippen molar-refractivity contribution in [1.29, 1.82) is 0 Å². The van der Waals surface area contributed by atoms with E-state index in [1.165, 1.54) is 19.3 Å². The summed E-state index contributed by atoms with van der Waals surface area (Å²) in [7, 11) is 0. The van der Waals surface area contributed by atoms with Crippen molar-refractivity contribution in [2.24, 2.45) is 17.8 Å². The van der Waals surface area contributed by atoms with E-state index < -0.39 is 0 Å². The lowest BCUT2D eigenvalue weighted by atomic mass is 9.88. The number of anilines is 1. The first-order valence-electron chi connectivity index (χ1n) is 7.45. The molecule has 0 spiro atoms. The first kappa shape index (κ1) is 11.9. The zero-order valence-corrected chi connectivity index (χ0v) is 11.4. The van der Waals surface area contributed by atoms with E-state index in [4.69, 9.17) is 0 Å². The maximum Gasteiger partial charge on any atom is 0.227 e. The molecule has 102 valence electrons. The van der Waals surface area contributed by atoms with Crippen LogP contribution in [0.5, 0.6) is 0 Å². The summed E-state index contributed by atoms with van der Waals surface area (Å²) >= 11 is 0. The van der Waals surface area contributed by atoms with Crippen LogP contribution in [-0.4, -0.2) is 10.9 Å². The first-order chi connectivity index (χ1) is 9.79. The fraction of sp³-hybridized carbons (Fsp3) is 0.412. The summed E-state index contributed by atoms with van der Waals surface area (Å²) in [5, 5.41) is 4.13. The molecule has 20 heavy (non-hydrogen) atoms. The predicted molar refractivity (Wildman–Crippen MR) is 79.3 cm³/mol. The number of benzene rings is 1. The van der Waals surface area contributed by atoms with Crippen LogP contribution in [0.1, 0.15) is 25.7 Å². The number of nitrogens with zero attached hydrogens (tertiary/aromatic N) is 1. The minimum Gasteiger partial charge on any atom is -0.324 e.